The summed E-state index contributed by atoms with van der Waals surface area (Å²) in [6.07, 6.45) is -3.00. The van der Waals surface area contributed by atoms with Crippen molar-refractivity contribution in [2.45, 2.75) is 32.6 Å². The number of nitrogens with one attached hydrogen (secondary N) is 1. The molecular formula is C16H19F3N4O2. The number of hydrogen-bond donors (Lipinski definition) is 1. The Morgan fingerprint density at radius 1 is 1.40 bits per heavy atom. The number of amides is 1. The highest BCUT2D eigenvalue weighted by molar-refractivity contribution is 5.96. The lowest BCUT2D eigenvalue weighted by Gasteiger charge is -2.16. The highest BCUT2D eigenvalue weighted by atomic mass is 19.4. The lowest BCUT2D eigenvalue weighted by molar-refractivity contribution is -0.137. The molecule has 0 bridgehead atoms. The fourth-order valence-corrected chi connectivity index (χ4v) is 2.34. The fraction of sp³-hybridized carbons (Fsp3) is 0.438. The van der Waals surface area contributed by atoms with Crippen molar-refractivity contribution in [2.75, 3.05) is 13.7 Å². The molecule has 9 heteroatoms. The number of benzene rings is 1. The number of hydrogen-bond acceptors (Lipinski definition) is 4. The third-order valence-corrected chi connectivity index (χ3v) is 3.73. The standard InChI is InChI=1S/C16H19F3N4O2/c1-10-4-5-12(16(17,18)19)8-13(10)15(24)21-11(2)14-22-20-9-23(14)6-7-25-3/h4-5,8-9,11H,6-7H2,1-3H3,(H,21,24)/t11-/m0/s1. The van der Waals surface area contributed by atoms with E-state index in [2.05, 4.69) is 15.5 Å². The summed E-state index contributed by atoms with van der Waals surface area (Å²) >= 11 is 0. The molecule has 2 aromatic rings. The van der Waals surface area contributed by atoms with E-state index in [1.54, 1.807) is 25.5 Å². The first-order valence-corrected chi connectivity index (χ1v) is 7.59. The topological polar surface area (TPSA) is 69.0 Å². The van der Waals surface area contributed by atoms with Crippen LogP contribution in [0, 0.1) is 6.92 Å². The highest BCUT2D eigenvalue weighted by Crippen LogP contribution is 2.30. The van der Waals surface area contributed by atoms with Crippen LogP contribution in [0.25, 0.3) is 0 Å². The molecule has 1 heterocycles. The number of aromatic nitrogens is 3. The molecule has 0 saturated heterocycles. The molecule has 1 atom stereocenters. The maximum Gasteiger partial charge on any atom is 0.416 e. The summed E-state index contributed by atoms with van der Waals surface area (Å²) in [6.45, 7) is 4.22. The van der Waals surface area contributed by atoms with Gasteiger partial charge in [-0.25, -0.2) is 0 Å². The SMILES string of the molecule is COCCn1cnnc1[C@H](C)NC(=O)c1cc(C(F)(F)F)ccc1C. The normalized spacial score (nSPS) is 12.9. The van der Waals surface area contributed by atoms with Crippen LogP contribution in [0.2, 0.25) is 0 Å². The lowest BCUT2D eigenvalue weighted by Crippen LogP contribution is -2.29. The number of methoxy groups -OCH3 is 1. The first kappa shape index (κ1) is 18.9. The largest absolute Gasteiger partial charge is 0.416 e. The third kappa shape index (κ3) is 4.56. The zero-order valence-electron chi connectivity index (χ0n) is 14.1. The van der Waals surface area contributed by atoms with Gasteiger partial charge in [0.2, 0.25) is 0 Å². The third-order valence-electron chi connectivity index (χ3n) is 3.73. The van der Waals surface area contributed by atoms with Crippen molar-refractivity contribution in [3.05, 3.63) is 47.0 Å². The Hall–Kier alpha value is -2.42. The molecule has 1 N–H and O–H groups in total. The van der Waals surface area contributed by atoms with Gasteiger partial charge in [-0.2, -0.15) is 13.2 Å². The number of halogens is 3. The van der Waals surface area contributed by atoms with Crippen LogP contribution in [0.15, 0.2) is 24.5 Å². The molecule has 1 aromatic heterocycles. The van der Waals surface area contributed by atoms with Crippen molar-refractivity contribution in [2.24, 2.45) is 0 Å². The van der Waals surface area contributed by atoms with Crippen molar-refractivity contribution < 1.29 is 22.7 Å². The summed E-state index contributed by atoms with van der Waals surface area (Å²) in [5.74, 6) is -0.104. The van der Waals surface area contributed by atoms with Crippen molar-refractivity contribution in [1.82, 2.24) is 20.1 Å². The minimum Gasteiger partial charge on any atom is -0.383 e. The zero-order valence-corrected chi connectivity index (χ0v) is 14.1. The van der Waals surface area contributed by atoms with Gasteiger partial charge < -0.3 is 14.6 Å². The van der Waals surface area contributed by atoms with Crippen LogP contribution >= 0.6 is 0 Å². The molecule has 2 rings (SSSR count). The minimum atomic E-state index is -4.51. The monoisotopic (exact) mass is 356 g/mol. The molecule has 0 saturated carbocycles. The van der Waals surface area contributed by atoms with Gasteiger partial charge in [0.25, 0.3) is 5.91 Å². The lowest BCUT2D eigenvalue weighted by atomic mass is 10.0. The molecule has 25 heavy (non-hydrogen) atoms. The van der Waals surface area contributed by atoms with Crippen LogP contribution in [0.5, 0.6) is 0 Å². The molecule has 0 radical (unpaired) electrons. The second-order valence-corrected chi connectivity index (χ2v) is 5.60. The Balaban J connectivity index is 2.18. The van der Waals surface area contributed by atoms with Gasteiger partial charge >= 0.3 is 6.18 Å². The predicted molar refractivity (Wildman–Crippen MR) is 84.0 cm³/mol. The Morgan fingerprint density at radius 2 is 2.12 bits per heavy atom. The van der Waals surface area contributed by atoms with Crippen LogP contribution in [-0.4, -0.2) is 34.4 Å². The van der Waals surface area contributed by atoms with E-state index in [1.807, 2.05) is 0 Å². The molecule has 0 aliphatic heterocycles. The van der Waals surface area contributed by atoms with Gasteiger partial charge in [0.15, 0.2) is 5.82 Å². The van der Waals surface area contributed by atoms with Crippen molar-refractivity contribution in [1.29, 1.82) is 0 Å². The van der Waals surface area contributed by atoms with E-state index in [0.717, 1.165) is 12.1 Å². The second-order valence-electron chi connectivity index (χ2n) is 5.60. The number of ether oxygens (including phenoxy) is 1. The maximum atomic E-state index is 12.9. The number of rotatable bonds is 6. The smallest absolute Gasteiger partial charge is 0.383 e. The van der Waals surface area contributed by atoms with Crippen molar-refractivity contribution in [3.8, 4) is 0 Å². The van der Waals surface area contributed by atoms with E-state index < -0.39 is 23.7 Å². The van der Waals surface area contributed by atoms with Crippen molar-refractivity contribution >= 4 is 5.91 Å². The van der Waals surface area contributed by atoms with E-state index in [4.69, 9.17) is 4.74 Å². The first-order chi connectivity index (χ1) is 11.7. The quantitative estimate of drug-likeness (QED) is 0.864. The summed E-state index contributed by atoms with van der Waals surface area (Å²) in [4.78, 5) is 12.4. The molecule has 6 nitrogen and oxygen atoms in total. The second kappa shape index (κ2) is 7.64. The molecule has 0 spiro atoms. The number of carbonyl (C=O) groups excluding carboxylic acids is 1. The Bertz CT molecular complexity index is 743. The molecule has 1 aromatic carbocycles. The van der Waals surface area contributed by atoms with Crippen molar-refractivity contribution in [3.63, 3.8) is 0 Å². The zero-order chi connectivity index (χ0) is 18.6. The maximum absolute atomic E-state index is 12.9. The fourth-order valence-electron chi connectivity index (χ4n) is 2.34. The number of carbonyl (C=O) groups is 1. The van der Waals surface area contributed by atoms with E-state index >= 15 is 0 Å². The van der Waals surface area contributed by atoms with E-state index in [9.17, 15) is 18.0 Å². The summed E-state index contributed by atoms with van der Waals surface area (Å²) in [5.41, 5.74) is -0.428. The molecule has 0 unspecified atom stereocenters. The number of nitrogens with zero attached hydrogens (tertiary/aromatic N) is 3. The van der Waals surface area contributed by atoms with E-state index in [-0.39, 0.29) is 5.56 Å². The molecule has 0 aliphatic carbocycles. The highest BCUT2D eigenvalue weighted by Gasteiger charge is 2.31. The van der Waals surface area contributed by atoms with Crippen LogP contribution in [0.1, 0.15) is 40.3 Å². The van der Waals surface area contributed by atoms with Crippen LogP contribution < -0.4 is 5.32 Å². The molecule has 0 fully saturated rings. The Labute approximate surface area is 143 Å². The van der Waals surface area contributed by atoms with Crippen LogP contribution in [-0.2, 0) is 17.5 Å². The van der Waals surface area contributed by atoms with Gasteiger partial charge in [-0.15, -0.1) is 10.2 Å². The van der Waals surface area contributed by atoms with Crippen LogP contribution in [0.4, 0.5) is 13.2 Å². The van der Waals surface area contributed by atoms with Gasteiger partial charge in [0.1, 0.15) is 6.33 Å². The predicted octanol–water partition coefficient (Wildman–Crippen LogP) is 2.74. The van der Waals surface area contributed by atoms with Crippen LogP contribution in [0.3, 0.4) is 0 Å². The van der Waals surface area contributed by atoms with Gasteiger partial charge in [-0.1, -0.05) is 6.07 Å². The number of alkyl halides is 3. The van der Waals surface area contributed by atoms with E-state index in [0.29, 0.717) is 24.5 Å². The Kier molecular flexibility index (Phi) is 5.78. The molecule has 0 aliphatic rings. The summed E-state index contributed by atoms with van der Waals surface area (Å²) in [5, 5.41) is 10.4. The first-order valence-electron chi connectivity index (χ1n) is 7.59. The van der Waals surface area contributed by atoms with Gasteiger partial charge in [-0.3, -0.25) is 4.79 Å². The average molecular weight is 356 g/mol. The van der Waals surface area contributed by atoms with Gasteiger partial charge in [0, 0.05) is 19.2 Å². The summed E-state index contributed by atoms with van der Waals surface area (Å²) in [6, 6.07) is 2.56. The summed E-state index contributed by atoms with van der Waals surface area (Å²) in [7, 11) is 1.56. The van der Waals surface area contributed by atoms with Gasteiger partial charge in [0.05, 0.1) is 18.2 Å². The molecule has 136 valence electrons. The minimum absolute atomic E-state index is 0.0235. The van der Waals surface area contributed by atoms with E-state index in [1.165, 1.54) is 12.4 Å². The average Bonchev–Trinajstić information content (AvgIpc) is 3.00. The number of aryl methyl sites for hydroxylation is 1. The summed E-state index contributed by atoms with van der Waals surface area (Å²) < 4.78 is 45.3. The molecular weight excluding hydrogens is 337 g/mol. The Morgan fingerprint density at radius 3 is 2.76 bits per heavy atom. The van der Waals surface area contributed by atoms with Gasteiger partial charge in [-0.05, 0) is 31.5 Å². The molecule has 1 amide bonds.